The molecular weight excluding hydrogens is 346 g/mol. The number of rotatable bonds is 4. The Hall–Kier alpha value is -2.23. The minimum atomic E-state index is -3.68. The summed E-state index contributed by atoms with van der Waals surface area (Å²) in [7, 11) is -3.68. The first-order valence-corrected chi connectivity index (χ1v) is 9.27. The average Bonchev–Trinajstić information content (AvgIpc) is 3.00. The zero-order chi connectivity index (χ0) is 18.0. The lowest BCUT2D eigenvalue weighted by Gasteiger charge is -2.30. The number of anilines is 1. The van der Waals surface area contributed by atoms with Crippen molar-refractivity contribution in [3.63, 3.8) is 0 Å². The molecule has 8 nitrogen and oxygen atoms in total. The van der Waals surface area contributed by atoms with E-state index in [4.69, 9.17) is 9.26 Å². The number of carbonyl (C=O) groups is 1. The van der Waals surface area contributed by atoms with E-state index in [1.807, 2.05) is 6.92 Å². The summed E-state index contributed by atoms with van der Waals surface area (Å²) in [4.78, 5) is 12.4. The van der Waals surface area contributed by atoms with Crippen LogP contribution in [0.15, 0.2) is 39.8 Å². The zero-order valence-electron chi connectivity index (χ0n) is 13.9. The second-order valence-corrected chi connectivity index (χ2v) is 7.79. The van der Waals surface area contributed by atoms with Crippen molar-refractivity contribution in [3.05, 3.63) is 41.7 Å². The van der Waals surface area contributed by atoms with Crippen molar-refractivity contribution in [2.75, 3.05) is 25.0 Å². The normalized spacial score (nSPS) is 18.9. The molecule has 1 aliphatic heterocycles. The van der Waals surface area contributed by atoms with Crippen LogP contribution in [0.2, 0.25) is 0 Å². The standard InChI is InChI=1S/C16H19N3O5S/c1-11-8-15(18-24-11)17-16(20)13-4-3-5-14(9-13)25(21,22)19-6-7-23-12(2)10-19/h3-5,8-9,12H,6-7,10H2,1-2H3,(H,17,18,20). The molecule has 134 valence electrons. The third-order valence-electron chi connectivity index (χ3n) is 3.81. The van der Waals surface area contributed by atoms with Gasteiger partial charge >= 0.3 is 0 Å². The lowest BCUT2D eigenvalue weighted by atomic mass is 10.2. The van der Waals surface area contributed by atoms with E-state index in [2.05, 4.69) is 10.5 Å². The number of hydrogen-bond acceptors (Lipinski definition) is 6. The molecular formula is C16H19N3O5S. The van der Waals surface area contributed by atoms with Gasteiger partial charge in [0.1, 0.15) is 5.76 Å². The van der Waals surface area contributed by atoms with Gasteiger partial charge in [-0.05, 0) is 32.0 Å². The molecule has 2 aromatic rings. The van der Waals surface area contributed by atoms with Gasteiger partial charge in [-0.2, -0.15) is 4.31 Å². The van der Waals surface area contributed by atoms with Crippen molar-refractivity contribution in [2.45, 2.75) is 24.8 Å². The van der Waals surface area contributed by atoms with Crippen LogP contribution >= 0.6 is 0 Å². The van der Waals surface area contributed by atoms with Crippen molar-refractivity contribution in [1.82, 2.24) is 9.46 Å². The molecule has 1 unspecified atom stereocenters. The number of sulfonamides is 1. The number of benzene rings is 1. The second-order valence-electron chi connectivity index (χ2n) is 5.85. The fourth-order valence-corrected chi connectivity index (χ4v) is 4.11. The number of morpholine rings is 1. The largest absolute Gasteiger partial charge is 0.376 e. The second kappa shape index (κ2) is 6.95. The number of aryl methyl sites for hydroxylation is 1. The first-order valence-electron chi connectivity index (χ1n) is 7.83. The van der Waals surface area contributed by atoms with E-state index in [0.717, 1.165) is 0 Å². The fourth-order valence-electron chi connectivity index (χ4n) is 2.57. The molecule has 1 fully saturated rings. The minimum absolute atomic E-state index is 0.0746. The molecule has 25 heavy (non-hydrogen) atoms. The molecule has 0 aliphatic carbocycles. The van der Waals surface area contributed by atoms with Gasteiger partial charge in [-0.3, -0.25) is 4.79 Å². The van der Waals surface area contributed by atoms with Gasteiger partial charge in [0, 0.05) is 24.7 Å². The number of carbonyl (C=O) groups excluding carboxylic acids is 1. The van der Waals surface area contributed by atoms with E-state index < -0.39 is 15.9 Å². The maximum absolute atomic E-state index is 12.8. The van der Waals surface area contributed by atoms with Crippen LogP contribution in [0.25, 0.3) is 0 Å². The van der Waals surface area contributed by atoms with Crippen LogP contribution < -0.4 is 5.32 Å². The Bertz CT molecular complexity index is 877. The smallest absolute Gasteiger partial charge is 0.256 e. The molecule has 9 heteroatoms. The number of ether oxygens (including phenoxy) is 1. The first kappa shape index (κ1) is 17.6. The predicted octanol–water partition coefficient (Wildman–Crippen LogP) is 1.64. The highest BCUT2D eigenvalue weighted by Crippen LogP contribution is 2.20. The topological polar surface area (TPSA) is 102 Å². The Morgan fingerprint density at radius 2 is 2.16 bits per heavy atom. The molecule has 1 aromatic heterocycles. The molecule has 1 aliphatic rings. The number of aromatic nitrogens is 1. The van der Waals surface area contributed by atoms with Gasteiger partial charge in [0.05, 0.1) is 17.6 Å². The van der Waals surface area contributed by atoms with E-state index in [1.54, 1.807) is 25.1 Å². The summed E-state index contributed by atoms with van der Waals surface area (Å²) in [6, 6.07) is 7.50. The van der Waals surface area contributed by atoms with Crippen molar-refractivity contribution in [2.24, 2.45) is 0 Å². The summed E-state index contributed by atoms with van der Waals surface area (Å²) in [6.45, 7) is 4.47. The Morgan fingerprint density at radius 1 is 1.36 bits per heavy atom. The van der Waals surface area contributed by atoms with Crippen LogP contribution in [0.5, 0.6) is 0 Å². The lowest BCUT2D eigenvalue weighted by molar-refractivity contribution is 0.0102. The average molecular weight is 365 g/mol. The molecule has 1 saturated heterocycles. The maximum atomic E-state index is 12.8. The monoisotopic (exact) mass is 365 g/mol. The molecule has 1 aromatic carbocycles. The van der Waals surface area contributed by atoms with Gasteiger partial charge in [0.15, 0.2) is 5.82 Å². The molecule has 1 N–H and O–H groups in total. The Balaban J connectivity index is 1.82. The van der Waals surface area contributed by atoms with E-state index in [-0.39, 0.29) is 28.9 Å². The molecule has 0 spiro atoms. The summed E-state index contributed by atoms with van der Waals surface area (Å²) in [5.41, 5.74) is 0.225. The minimum Gasteiger partial charge on any atom is -0.376 e. The molecule has 1 amide bonds. The van der Waals surface area contributed by atoms with Crippen LogP contribution in [-0.4, -0.2) is 49.6 Å². The summed E-state index contributed by atoms with van der Waals surface area (Å²) >= 11 is 0. The van der Waals surface area contributed by atoms with Gasteiger partial charge in [0.2, 0.25) is 10.0 Å². The zero-order valence-corrected chi connectivity index (χ0v) is 14.7. The maximum Gasteiger partial charge on any atom is 0.256 e. The highest BCUT2D eigenvalue weighted by molar-refractivity contribution is 7.89. The van der Waals surface area contributed by atoms with Crippen LogP contribution in [0, 0.1) is 6.92 Å². The van der Waals surface area contributed by atoms with E-state index in [9.17, 15) is 13.2 Å². The molecule has 0 saturated carbocycles. The molecule has 0 bridgehead atoms. The highest BCUT2D eigenvalue weighted by atomic mass is 32.2. The number of nitrogens with zero attached hydrogens (tertiary/aromatic N) is 2. The van der Waals surface area contributed by atoms with E-state index >= 15 is 0 Å². The van der Waals surface area contributed by atoms with Gasteiger partial charge in [-0.25, -0.2) is 8.42 Å². The molecule has 0 radical (unpaired) electrons. The summed E-state index contributed by atoms with van der Waals surface area (Å²) < 4.78 is 37.2. The van der Waals surface area contributed by atoms with Gasteiger partial charge in [-0.1, -0.05) is 11.2 Å². The van der Waals surface area contributed by atoms with Crippen molar-refractivity contribution in [1.29, 1.82) is 0 Å². The van der Waals surface area contributed by atoms with E-state index in [1.165, 1.54) is 16.4 Å². The summed E-state index contributed by atoms with van der Waals surface area (Å²) in [5.74, 6) is 0.381. The Kier molecular flexibility index (Phi) is 4.89. The van der Waals surface area contributed by atoms with Gasteiger partial charge in [0.25, 0.3) is 5.91 Å². The Morgan fingerprint density at radius 3 is 2.84 bits per heavy atom. The lowest BCUT2D eigenvalue weighted by Crippen LogP contribution is -2.44. The number of amides is 1. The van der Waals surface area contributed by atoms with Gasteiger partial charge in [-0.15, -0.1) is 0 Å². The van der Waals surface area contributed by atoms with Crippen LogP contribution in [0.1, 0.15) is 23.0 Å². The quantitative estimate of drug-likeness (QED) is 0.884. The SMILES string of the molecule is Cc1cc(NC(=O)c2cccc(S(=O)(=O)N3CCOC(C)C3)c2)no1. The third kappa shape index (κ3) is 3.89. The number of nitrogens with one attached hydrogen (secondary N) is 1. The molecule has 1 atom stereocenters. The molecule has 2 heterocycles. The van der Waals surface area contributed by atoms with E-state index in [0.29, 0.717) is 18.9 Å². The predicted molar refractivity (Wildman–Crippen MR) is 89.8 cm³/mol. The fraction of sp³-hybridized carbons (Fsp3) is 0.375. The van der Waals surface area contributed by atoms with Gasteiger partial charge < -0.3 is 14.6 Å². The van der Waals surface area contributed by atoms with Crippen LogP contribution in [-0.2, 0) is 14.8 Å². The summed E-state index contributed by atoms with van der Waals surface area (Å²) in [6.07, 6.45) is -0.162. The number of hydrogen-bond donors (Lipinski definition) is 1. The van der Waals surface area contributed by atoms with Crippen molar-refractivity contribution in [3.8, 4) is 0 Å². The van der Waals surface area contributed by atoms with Crippen molar-refractivity contribution >= 4 is 21.7 Å². The molecule has 3 rings (SSSR count). The Labute approximate surface area is 145 Å². The van der Waals surface area contributed by atoms with Crippen LogP contribution in [0.4, 0.5) is 5.82 Å². The first-order chi connectivity index (χ1) is 11.9. The highest BCUT2D eigenvalue weighted by Gasteiger charge is 2.29. The third-order valence-corrected chi connectivity index (χ3v) is 5.67. The van der Waals surface area contributed by atoms with Crippen LogP contribution in [0.3, 0.4) is 0 Å². The summed E-state index contributed by atoms with van der Waals surface area (Å²) in [5, 5.41) is 6.26. The van der Waals surface area contributed by atoms with Crippen molar-refractivity contribution < 1.29 is 22.5 Å².